The van der Waals surface area contributed by atoms with Gasteiger partial charge in [-0.15, -0.1) is 11.3 Å². The number of ether oxygens (including phenoxy) is 1. The number of carbonyl (C=O) groups is 1. The third kappa shape index (κ3) is 4.48. The van der Waals surface area contributed by atoms with E-state index < -0.39 is 8.07 Å². The van der Waals surface area contributed by atoms with Crippen LogP contribution in [0.4, 0.5) is 5.00 Å². The van der Waals surface area contributed by atoms with Crippen molar-refractivity contribution in [2.45, 2.75) is 25.7 Å². The number of thiophene rings is 1. The molecule has 3 nitrogen and oxygen atoms in total. The summed E-state index contributed by atoms with van der Waals surface area (Å²) in [5, 5.41) is 0.646. The summed E-state index contributed by atoms with van der Waals surface area (Å²) in [6.45, 7) is 7.28. The van der Waals surface area contributed by atoms with E-state index in [9.17, 15) is 4.79 Å². The number of hydrogen-bond acceptors (Lipinski definition) is 4. The smallest absolute Gasteiger partial charge is 0.348 e. The zero-order chi connectivity index (χ0) is 11.5. The molecule has 0 bridgehead atoms. The number of carbonyl (C=O) groups excluding carboxylic acids is 1. The molecular formula is C10H17NO2SSi. The first kappa shape index (κ1) is 12.3. The standard InChI is InChI=1S/C10H17NO2SSi/c1-15(2,3)7-6-13-10(12)8-4-5-9(11)14-8/h4-5H,6-7,11H2,1-3H3. The first-order valence-corrected chi connectivity index (χ1v) is 9.43. The first-order valence-electron chi connectivity index (χ1n) is 4.91. The van der Waals surface area contributed by atoms with Gasteiger partial charge in [0.15, 0.2) is 0 Å². The minimum absolute atomic E-state index is 0.255. The Labute approximate surface area is 95.3 Å². The van der Waals surface area contributed by atoms with E-state index in [0.717, 1.165) is 6.04 Å². The van der Waals surface area contributed by atoms with Gasteiger partial charge in [0, 0.05) is 8.07 Å². The van der Waals surface area contributed by atoms with Gasteiger partial charge in [0.1, 0.15) is 4.88 Å². The van der Waals surface area contributed by atoms with Crippen molar-refractivity contribution < 1.29 is 9.53 Å². The van der Waals surface area contributed by atoms with Gasteiger partial charge in [0.25, 0.3) is 0 Å². The Balaban J connectivity index is 2.37. The Hall–Kier alpha value is -0.813. The highest BCUT2D eigenvalue weighted by molar-refractivity contribution is 7.17. The Morgan fingerprint density at radius 1 is 1.47 bits per heavy atom. The normalized spacial score (nSPS) is 11.4. The zero-order valence-electron chi connectivity index (χ0n) is 9.37. The predicted molar refractivity (Wildman–Crippen MR) is 67.2 cm³/mol. The van der Waals surface area contributed by atoms with Crippen LogP contribution in [0.15, 0.2) is 12.1 Å². The topological polar surface area (TPSA) is 52.3 Å². The van der Waals surface area contributed by atoms with Gasteiger partial charge in [-0.2, -0.15) is 0 Å². The Morgan fingerprint density at radius 2 is 2.13 bits per heavy atom. The second kappa shape index (κ2) is 4.81. The summed E-state index contributed by atoms with van der Waals surface area (Å²) in [5.41, 5.74) is 5.53. The third-order valence-corrected chi connectivity index (χ3v) is 4.51. The molecule has 0 spiro atoms. The molecule has 0 radical (unpaired) electrons. The molecule has 0 aliphatic rings. The second-order valence-corrected chi connectivity index (χ2v) is 11.4. The van der Waals surface area contributed by atoms with Crippen molar-refractivity contribution in [2.24, 2.45) is 0 Å². The molecule has 0 unspecified atom stereocenters. The van der Waals surface area contributed by atoms with Crippen molar-refractivity contribution in [3.05, 3.63) is 17.0 Å². The number of nitrogen functional groups attached to an aromatic ring is 1. The fourth-order valence-corrected chi connectivity index (χ4v) is 2.37. The van der Waals surface area contributed by atoms with E-state index in [2.05, 4.69) is 19.6 Å². The molecule has 1 aromatic rings. The van der Waals surface area contributed by atoms with E-state index in [4.69, 9.17) is 10.5 Å². The van der Waals surface area contributed by atoms with Crippen LogP contribution in [-0.2, 0) is 4.74 Å². The molecule has 1 heterocycles. The van der Waals surface area contributed by atoms with Crippen LogP contribution >= 0.6 is 11.3 Å². The highest BCUT2D eigenvalue weighted by Crippen LogP contribution is 2.19. The molecule has 1 aromatic heterocycles. The Bertz CT molecular complexity index is 343. The zero-order valence-corrected chi connectivity index (χ0v) is 11.2. The minimum atomic E-state index is -1.12. The van der Waals surface area contributed by atoms with Crippen molar-refractivity contribution in [1.29, 1.82) is 0 Å². The van der Waals surface area contributed by atoms with Crippen molar-refractivity contribution in [3.8, 4) is 0 Å². The average molecular weight is 243 g/mol. The van der Waals surface area contributed by atoms with Crippen LogP contribution in [0.1, 0.15) is 9.67 Å². The fourth-order valence-electron chi connectivity index (χ4n) is 0.984. The summed E-state index contributed by atoms with van der Waals surface area (Å²) in [7, 11) is -1.12. The maximum Gasteiger partial charge on any atom is 0.348 e. The quantitative estimate of drug-likeness (QED) is 0.653. The number of nitrogens with two attached hydrogens (primary N) is 1. The van der Waals surface area contributed by atoms with Gasteiger partial charge < -0.3 is 10.5 Å². The summed E-state index contributed by atoms with van der Waals surface area (Å²) in [6.07, 6.45) is 0. The third-order valence-electron chi connectivity index (χ3n) is 1.91. The van der Waals surface area contributed by atoms with Gasteiger partial charge in [-0.3, -0.25) is 0 Å². The van der Waals surface area contributed by atoms with E-state index in [-0.39, 0.29) is 5.97 Å². The molecule has 0 saturated carbocycles. The Morgan fingerprint density at radius 3 is 2.60 bits per heavy atom. The van der Waals surface area contributed by atoms with E-state index >= 15 is 0 Å². The van der Waals surface area contributed by atoms with E-state index in [0.29, 0.717) is 16.5 Å². The maximum atomic E-state index is 11.5. The number of esters is 1. The molecule has 15 heavy (non-hydrogen) atoms. The summed E-state index contributed by atoms with van der Waals surface area (Å²) in [5.74, 6) is -0.255. The fraction of sp³-hybridized carbons (Fsp3) is 0.500. The van der Waals surface area contributed by atoms with Gasteiger partial charge in [-0.25, -0.2) is 4.79 Å². The lowest BCUT2D eigenvalue weighted by atomic mass is 10.5. The van der Waals surface area contributed by atoms with Crippen LogP contribution in [0.3, 0.4) is 0 Å². The van der Waals surface area contributed by atoms with Gasteiger partial charge in [-0.1, -0.05) is 19.6 Å². The highest BCUT2D eigenvalue weighted by Gasteiger charge is 2.15. The largest absolute Gasteiger partial charge is 0.462 e. The molecular weight excluding hydrogens is 226 g/mol. The van der Waals surface area contributed by atoms with Gasteiger partial charge in [-0.05, 0) is 18.2 Å². The highest BCUT2D eigenvalue weighted by atomic mass is 32.1. The van der Waals surface area contributed by atoms with Crippen LogP contribution in [0.25, 0.3) is 0 Å². The molecule has 0 fully saturated rings. The molecule has 2 N–H and O–H groups in total. The minimum Gasteiger partial charge on any atom is -0.462 e. The molecule has 5 heteroatoms. The van der Waals surface area contributed by atoms with Crippen molar-refractivity contribution in [2.75, 3.05) is 12.3 Å². The molecule has 0 saturated heterocycles. The van der Waals surface area contributed by atoms with Crippen LogP contribution < -0.4 is 5.73 Å². The molecule has 1 rings (SSSR count). The molecule has 0 aliphatic carbocycles. The second-order valence-electron chi connectivity index (χ2n) is 4.65. The van der Waals surface area contributed by atoms with Crippen LogP contribution in [-0.4, -0.2) is 20.7 Å². The van der Waals surface area contributed by atoms with Gasteiger partial charge in [0.05, 0.1) is 11.6 Å². The summed E-state index contributed by atoms with van der Waals surface area (Å²) in [4.78, 5) is 12.1. The molecule has 84 valence electrons. The number of anilines is 1. The molecule has 0 atom stereocenters. The summed E-state index contributed by atoms with van der Waals surface area (Å²) < 4.78 is 5.17. The van der Waals surface area contributed by atoms with Crippen LogP contribution in [0.5, 0.6) is 0 Å². The van der Waals surface area contributed by atoms with Crippen molar-refractivity contribution >= 4 is 30.4 Å². The van der Waals surface area contributed by atoms with Gasteiger partial charge in [0.2, 0.25) is 0 Å². The van der Waals surface area contributed by atoms with Crippen LogP contribution in [0, 0.1) is 0 Å². The van der Waals surface area contributed by atoms with Crippen LogP contribution in [0.2, 0.25) is 25.7 Å². The van der Waals surface area contributed by atoms with E-state index in [1.165, 1.54) is 11.3 Å². The lowest BCUT2D eigenvalue weighted by molar-refractivity contribution is 0.0531. The molecule has 0 amide bonds. The predicted octanol–water partition coefficient (Wildman–Crippen LogP) is 2.83. The van der Waals surface area contributed by atoms with E-state index in [1.807, 2.05) is 0 Å². The van der Waals surface area contributed by atoms with E-state index in [1.54, 1.807) is 12.1 Å². The first-order chi connectivity index (χ1) is 6.88. The molecule has 0 aromatic carbocycles. The lowest BCUT2D eigenvalue weighted by Crippen LogP contribution is -2.22. The van der Waals surface area contributed by atoms with Crippen molar-refractivity contribution in [3.63, 3.8) is 0 Å². The Kier molecular flexibility index (Phi) is 3.93. The lowest BCUT2D eigenvalue weighted by Gasteiger charge is -2.14. The van der Waals surface area contributed by atoms with Gasteiger partial charge >= 0.3 is 5.97 Å². The summed E-state index contributed by atoms with van der Waals surface area (Å²) in [6, 6.07) is 4.43. The number of rotatable bonds is 4. The SMILES string of the molecule is C[Si](C)(C)CCOC(=O)c1ccc(N)s1. The maximum absolute atomic E-state index is 11.5. The monoisotopic (exact) mass is 243 g/mol. The average Bonchev–Trinajstić information content (AvgIpc) is 2.49. The molecule has 0 aliphatic heterocycles. The summed E-state index contributed by atoms with van der Waals surface area (Å²) >= 11 is 1.27. The van der Waals surface area contributed by atoms with Crippen molar-refractivity contribution in [1.82, 2.24) is 0 Å². The number of hydrogen-bond donors (Lipinski definition) is 1.